The molecule has 0 saturated carbocycles. The van der Waals surface area contributed by atoms with E-state index < -0.39 is 0 Å². The fraction of sp³-hybridized carbons (Fsp3) is 0.333. The van der Waals surface area contributed by atoms with E-state index in [0.717, 1.165) is 17.9 Å². The summed E-state index contributed by atoms with van der Waals surface area (Å²) in [6.45, 7) is 0. The van der Waals surface area contributed by atoms with Crippen molar-refractivity contribution >= 4 is 22.7 Å². The van der Waals surface area contributed by atoms with Gasteiger partial charge in [0.1, 0.15) is 0 Å². The van der Waals surface area contributed by atoms with Crippen molar-refractivity contribution in [1.82, 2.24) is 9.55 Å². The Balaban J connectivity index is 2.31. The molecule has 88 valence electrons. The van der Waals surface area contributed by atoms with Gasteiger partial charge in [0.2, 0.25) is 0 Å². The maximum atomic E-state index is 12.3. The number of para-hydroxylation sites is 1. The van der Waals surface area contributed by atoms with Gasteiger partial charge >= 0.3 is 5.69 Å². The summed E-state index contributed by atoms with van der Waals surface area (Å²) < 4.78 is 1.38. The van der Waals surface area contributed by atoms with Gasteiger partial charge in [0.15, 0.2) is 0 Å². The van der Waals surface area contributed by atoms with Gasteiger partial charge in [-0.1, -0.05) is 12.1 Å². The Morgan fingerprint density at radius 3 is 2.88 bits per heavy atom. The van der Waals surface area contributed by atoms with Crippen LogP contribution in [0.2, 0.25) is 0 Å². The number of hydrogen-bond donors (Lipinski definition) is 1. The zero-order valence-electron chi connectivity index (χ0n) is 9.18. The van der Waals surface area contributed by atoms with Gasteiger partial charge in [-0.25, -0.2) is 4.79 Å². The number of nitrogens with zero attached hydrogens (tertiary/aromatic N) is 1. The Morgan fingerprint density at radius 1 is 1.29 bits per heavy atom. The van der Waals surface area contributed by atoms with Crippen molar-refractivity contribution in [3.05, 3.63) is 45.1 Å². The zero-order chi connectivity index (χ0) is 11.8. The Kier molecular flexibility index (Phi) is 2.55. The van der Waals surface area contributed by atoms with Crippen LogP contribution in [0.5, 0.6) is 0 Å². The first-order valence-corrected chi connectivity index (χ1v) is 6.74. The summed E-state index contributed by atoms with van der Waals surface area (Å²) >= 11 is 1.79. The van der Waals surface area contributed by atoms with Crippen LogP contribution in [-0.4, -0.2) is 21.1 Å². The van der Waals surface area contributed by atoms with Gasteiger partial charge in [-0.3, -0.25) is 9.36 Å². The molecule has 2 aromatic rings. The molecular formula is C12H12N2O2S. The summed E-state index contributed by atoms with van der Waals surface area (Å²) in [6, 6.07) is 7.18. The van der Waals surface area contributed by atoms with Crippen molar-refractivity contribution in [1.29, 1.82) is 0 Å². The van der Waals surface area contributed by atoms with Crippen LogP contribution in [0.1, 0.15) is 12.5 Å². The molecule has 1 aliphatic rings. The van der Waals surface area contributed by atoms with E-state index in [9.17, 15) is 9.59 Å². The molecule has 2 heterocycles. The lowest BCUT2D eigenvalue weighted by molar-refractivity contribution is 0.519. The number of benzene rings is 1. The van der Waals surface area contributed by atoms with E-state index in [0.29, 0.717) is 10.9 Å². The monoisotopic (exact) mass is 248 g/mol. The number of hydrogen-bond acceptors (Lipinski definition) is 3. The largest absolute Gasteiger partial charge is 0.329 e. The number of aromatic amines is 1. The van der Waals surface area contributed by atoms with Gasteiger partial charge in [-0.05, 0) is 24.3 Å². The minimum atomic E-state index is -0.291. The molecule has 5 heteroatoms. The number of aromatic nitrogens is 2. The number of nitrogens with one attached hydrogen (secondary N) is 1. The average molecular weight is 248 g/mol. The second-order valence-electron chi connectivity index (χ2n) is 4.17. The normalized spacial score (nSPS) is 19.9. The second-order valence-corrected chi connectivity index (χ2v) is 5.32. The van der Waals surface area contributed by atoms with Gasteiger partial charge in [-0.15, -0.1) is 0 Å². The number of thioether (sulfide) groups is 1. The summed E-state index contributed by atoms with van der Waals surface area (Å²) in [5, 5.41) is 0.587. The van der Waals surface area contributed by atoms with Crippen LogP contribution in [0, 0.1) is 0 Å². The van der Waals surface area contributed by atoms with E-state index in [1.54, 1.807) is 23.9 Å². The third-order valence-electron chi connectivity index (χ3n) is 3.11. The lowest BCUT2D eigenvalue weighted by Crippen LogP contribution is -2.38. The topological polar surface area (TPSA) is 54.9 Å². The molecule has 0 spiro atoms. The minimum Gasteiger partial charge on any atom is -0.307 e. The van der Waals surface area contributed by atoms with Crippen LogP contribution in [-0.2, 0) is 0 Å². The summed E-state index contributed by atoms with van der Waals surface area (Å²) in [4.78, 5) is 27.0. The third kappa shape index (κ3) is 1.70. The number of H-pyrrole nitrogens is 1. The molecule has 0 amide bonds. The molecular weight excluding hydrogens is 236 g/mol. The molecule has 4 nitrogen and oxygen atoms in total. The van der Waals surface area contributed by atoms with Crippen molar-refractivity contribution in [2.45, 2.75) is 12.5 Å². The molecule has 0 bridgehead atoms. The molecule has 0 aliphatic carbocycles. The lowest BCUT2D eigenvalue weighted by Gasteiger charge is -2.11. The Hall–Kier alpha value is -1.49. The molecule has 1 unspecified atom stereocenters. The predicted octanol–water partition coefficient (Wildman–Crippen LogP) is 1.37. The SMILES string of the molecule is O=c1[nH]c2ccccc2c(=O)n1C1CCSC1. The predicted molar refractivity (Wildman–Crippen MR) is 69.8 cm³/mol. The fourth-order valence-corrected chi connectivity index (χ4v) is 3.43. The first kappa shape index (κ1) is 10.7. The Bertz CT molecular complexity index is 668. The summed E-state index contributed by atoms with van der Waals surface area (Å²) in [5.74, 6) is 1.87. The molecule has 0 radical (unpaired) electrons. The van der Waals surface area contributed by atoms with Crippen LogP contribution >= 0.6 is 11.8 Å². The van der Waals surface area contributed by atoms with Crippen LogP contribution in [0.3, 0.4) is 0 Å². The molecule has 17 heavy (non-hydrogen) atoms. The third-order valence-corrected chi connectivity index (χ3v) is 4.25. The lowest BCUT2D eigenvalue weighted by atomic mass is 10.2. The zero-order valence-corrected chi connectivity index (χ0v) is 10.00. The molecule has 1 aromatic carbocycles. The molecule has 1 fully saturated rings. The molecule has 1 aromatic heterocycles. The fourth-order valence-electron chi connectivity index (χ4n) is 2.23. The highest BCUT2D eigenvalue weighted by Crippen LogP contribution is 2.25. The van der Waals surface area contributed by atoms with Gasteiger partial charge in [-0.2, -0.15) is 11.8 Å². The van der Waals surface area contributed by atoms with Crippen molar-refractivity contribution in [3.63, 3.8) is 0 Å². The molecule has 1 aliphatic heterocycles. The molecule has 1 N–H and O–H groups in total. The summed E-state index contributed by atoms with van der Waals surface area (Å²) in [7, 11) is 0. The quantitative estimate of drug-likeness (QED) is 0.829. The van der Waals surface area contributed by atoms with Crippen LogP contribution < -0.4 is 11.2 Å². The number of fused-ring (bicyclic) bond motifs is 1. The van der Waals surface area contributed by atoms with E-state index >= 15 is 0 Å². The smallest absolute Gasteiger partial charge is 0.307 e. The van der Waals surface area contributed by atoms with Crippen molar-refractivity contribution < 1.29 is 0 Å². The molecule has 3 rings (SSSR count). The number of rotatable bonds is 1. The van der Waals surface area contributed by atoms with E-state index in [-0.39, 0.29) is 17.3 Å². The van der Waals surface area contributed by atoms with Gasteiger partial charge in [0.25, 0.3) is 5.56 Å². The van der Waals surface area contributed by atoms with E-state index in [1.807, 2.05) is 12.1 Å². The second kappa shape index (κ2) is 4.07. The van der Waals surface area contributed by atoms with Gasteiger partial charge in [0, 0.05) is 5.75 Å². The van der Waals surface area contributed by atoms with Crippen molar-refractivity contribution in [3.8, 4) is 0 Å². The summed E-state index contributed by atoms with van der Waals surface area (Å²) in [6.07, 6.45) is 0.895. The van der Waals surface area contributed by atoms with Crippen LogP contribution in [0.15, 0.2) is 33.9 Å². The van der Waals surface area contributed by atoms with E-state index in [4.69, 9.17) is 0 Å². The van der Waals surface area contributed by atoms with Crippen molar-refractivity contribution in [2.75, 3.05) is 11.5 Å². The minimum absolute atomic E-state index is 0.0425. The Labute approximate surface area is 102 Å². The maximum absolute atomic E-state index is 12.3. The highest BCUT2D eigenvalue weighted by Gasteiger charge is 2.21. The van der Waals surface area contributed by atoms with E-state index in [1.165, 1.54) is 4.57 Å². The van der Waals surface area contributed by atoms with Gasteiger partial charge < -0.3 is 4.98 Å². The standard InChI is InChI=1S/C12H12N2O2S/c15-11-9-3-1-2-4-10(9)13-12(16)14(11)8-5-6-17-7-8/h1-4,8H,5-7H2,(H,13,16). The average Bonchev–Trinajstić information content (AvgIpc) is 2.83. The highest BCUT2D eigenvalue weighted by atomic mass is 32.2. The summed E-state index contributed by atoms with van der Waals surface area (Å²) in [5.41, 5.74) is 0.155. The van der Waals surface area contributed by atoms with Crippen LogP contribution in [0.4, 0.5) is 0 Å². The van der Waals surface area contributed by atoms with Gasteiger partial charge in [0.05, 0.1) is 16.9 Å². The first-order valence-electron chi connectivity index (χ1n) is 5.58. The van der Waals surface area contributed by atoms with Crippen molar-refractivity contribution in [2.24, 2.45) is 0 Å². The molecule has 1 atom stereocenters. The Morgan fingerprint density at radius 2 is 2.12 bits per heavy atom. The highest BCUT2D eigenvalue weighted by molar-refractivity contribution is 7.99. The molecule has 1 saturated heterocycles. The van der Waals surface area contributed by atoms with E-state index in [2.05, 4.69) is 4.98 Å². The maximum Gasteiger partial charge on any atom is 0.329 e. The van der Waals surface area contributed by atoms with Crippen LogP contribution in [0.25, 0.3) is 10.9 Å². The first-order chi connectivity index (χ1) is 8.27.